The van der Waals surface area contributed by atoms with E-state index in [-0.39, 0.29) is 6.04 Å². The van der Waals surface area contributed by atoms with Crippen LogP contribution in [-0.2, 0) is 0 Å². The number of rotatable bonds is 4. The molecule has 3 heteroatoms. The molecule has 0 fully saturated rings. The van der Waals surface area contributed by atoms with Gasteiger partial charge in [0.05, 0.1) is 11.6 Å². The molecule has 1 aromatic carbocycles. The Morgan fingerprint density at radius 1 is 1.38 bits per heavy atom. The molecule has 82 valence electrons. The first kappa shape index (κ1) is 10.8. The molecule has 1 atom stereocenters. The zero-order chi connectivity index (χ0) is 11.4. The number of benzene rings is 1. The molecule has 3 nitrogen and oxygen atoms in total. The topological polar surface area (TPSA) is 50.9 Å². The van der Waals surface area contributed by atoms with Crippen molar-refractivity contribution in [3.8, 4) is 0 Å². The zero-order valence-electron chi connectivity index (χ0n) is 9.06. The Bertz CT molecular complexity index is 488. The zero-order valence-corrected chi connectivity index (χ0v) is 9.06. The molecule has 1 heterocycles. The van der Waals surface area contributed by atoms with Crippen molar-refractivity contribution in [2.75, 3.05) is 0 Å². The van der Waals surface area contributed by atoms with Gasteiger partial charge in [0.2, 0.25) is 0 Å². The Hall–Kier alpha value is -1.71. The summed E-state index contributed by atoms with van der Waals surface area (Å²) in [6.45, 7) is 3.74. The van der Waals surface area contributed by atoms with E-state index < -0.39 is 0 Å². The van der Waals surface area contributed by atoms with Crippen molar-refractivity contribution < 1.29 is 0 Å². The first-order valence-corrected chi connectivity index (χ1v) is 5.27. The van der Waals surface area contributed by atoms with Gasteiger partial charge in [0.1, 0.15) is 0 Å². The SMILES string of the molecule is C=CCC(NN)c1ccnc2ccccc12. The molecule has 16 heavy (non-hydrogen) atoms. The van der Waals surface area contributed by atoms with Crippen molar-refractivity contribution in [2.45, 2.75) is 12.5 Å². The summed E-state index contributed by atoms with van der Waals surface area (Å²) in [7, 11) is 0. The van der Waals surface area contributed by atoms with Gasteiger partial charge < -0.3 is 0 Å². The predicted molar refractivity (Wildman–Crippen MR) is 66.6 cm³/mol. The number of hydrazine groups is 1. The van der Waals surface area contributed by atoms with Crippen LogP contribution in [0, 0.1) is 0 Å². The van der Waals surface area contributed by atoms with Crippen LogP contribution in [0.1, 0.15) is 18.0 Å². The minimum absolute atomic E-state index is 0.0883. The average molecular weight is 213 g/mol. The average Bonchev–Trinajstić information content (AvgIpc) is 2.35. The van der Waals surface area contributed by atoms with Crippen molar-refractivity contribution in [1.82, 2.24) is 10.4 Å². The third kappa shape index (κ3) is 1.96. The highest BCUT2D eigenvalue weighted by Crippen LogP contribution is 2.24. The fraction of sp³-hybridized carbons (Fsp3) is 0.154. The van der Waals surface area contributed by atoms with Gasteiger partial charge in [-0.05, 0) is 24.1 Å². The van der Waals surface area contributed by atoms with E-state index in [1.165, 1.54) is 0 Å². The van der Waals surface area contributed by atoms with Crippen LogP contribution in [0.2, 0.25) is 0 Å². The van der Waals surface area contributed by atoms with Crippen LogP contribution in [0.4, 0.5) is 0 Å². The van der Waals surface area contributed by atoms with Crippen LogP contribution in [0.15, 0.2) is 49.2 Å². The quantitative estimate of drug-likeness (QED) is 0.465. The van der Waals surface area contributed by atoms with E-state index in [0.717, 1.165) is 22.9 Å². The normalized spacial score (nSPS) is 12.6. The standard InChI is InChI=1S/C13H15N3/c1-2-5-13(16-14)11-8-9-15-12-7-4-3-6-10(11)12/h2-4,6-9,13,16H,1,5,14H2. The van der Waals surface area contributed by atoms with Crippen LogP contribution in [0.5, 0.6) is 0 Å². The summed E-state index contributed by atoms with van der Waals surface area (Å²) in [5, 5.41) is 1.13. The van der Waals surface area contributed by atoms with Crippen molar-refractivity contribution in [2.24, 2.45) is 5.84 Å². The fourth-order valence-corrected chi connectivity index (χ4v) is 1.87. The molecule has 0 amide bonds. The minimum Gasteiger partial charge on any atom is -0.271 e. The van der Waals surface area contributed by atoms with Crippen LogP contribution in [0.3, 0.4) is 0 Å². The van der Waals surface area contributed by atoms with E-state index in [0.29, 0.717) is 0 Å². The lowest BCUT2D eigenvalue weighted by atomic mass is 10.0. The largest absolute Gasteiger partial charge is 0.271 e. The molecule has 0 aliphatic heterocycles. The molecule has 0 bridgehead atoms. The first-order chi connectivity index (χ1) is 7.86. The van der Waals surface area contributed by atoms with Gasteiger partial charge in [0, 0.05) is 11.6 Å². The maximum Gasteiger partial charge on any atom is 0.0705 e. The molecule has 0 spiro atoms. The number of hydrogen-bond acceptors (Lipinski definition) is 3. The summed E-state index contributed by atoms with van der Waals surface area (Å²) >= 11 is 0. The van der Waals surface area contributed by atoms with E-state index >= 15 is 0 Å². The maximum absolute atomic E-state index is 5.56. The summed E-state index contributed by atoms with van der Waals surface area (Å²) in [6, 6.07) is 10.1. The molecule has 0 radical (unpaired) electrons. The molecule has 1 aromatic heterocycles. The second kappa shape index (κ2) is 4.88. The molecular formula is C13H15N3. The van der Waals surface area contributed by atoms with E-state index in [1.807, 2.05) is 36.5 Å². The summed E-state index contributed by atoms with van der Waals surface area (Å²) in [4.78, 5) is 4.32. The van der Waals surface area contributed by atoms with Gasteiger partial charge in [-0.15, -0.1) is 6.58 Å². The molecule has 3 N–H and O–H groups in total. The highest BCUT2D eigenvalue weighted by atomic mass is 15.2. The van der Waals surface area contributed by atoms with Gasteiger partial charge in [-0.3, -0.25) is 16.3 Å². The summed E-state index contributed by atoms with van der Waals surface area (Å²) < 4.78 is 0. The van der Waals surface area contributed by atoms with Crippen molar-refractivity contribution in [1.29, 1.82) is 0 Å². The van der Waals surface area contributed by atoms with Crippen LogP contribution >= 0.6 is 0 Å². The Labute approximate surface area is 95.0 Å². The summed E-state index contributed by atoms with van der Waals surface area (Å²) in [5.74, 6) is 5.56. The van der Waals surface area contributed by atoms with Gasteiger partial charge in [-0.25, -0.2) is 0 Å². The highest BCUT2D eigenvalue weighted by Gasteiger charge is 2.10. The maximum atomic E-state index is 5.56. The molecule has 0 saturated heterocycles. The summed E-state index contributed by atoms with van der Waals surface area (Å²) in [5.41, 5.74) is 4.96. The third-order valence-electron chi connectivity index (χ3n) is 2.66. The Balaban J connectivity index is 2.54. The lowest BCUT2D eigenvalue weighted by Crippen LogP contribution is -2.27. The minimum atomic E-state index is 0.0883. The van der Waals surface area contributed by atoms with Gasteiger partial charge in [-0.2, -0.15) is 0 Å². The van der Waals surface area contributed by atoms with Gasteiger partial charge in [-0.1, -0.05) is 24.3 Å². The van der Waals surface area contributed by atoms with Gasteiger partial charge >= 0.3 is 0 Å². The fourth-order valence-electron chi connectivity index (χ4n) is 1.87. The number of hydrogen-bond donors (Lipinski definition) is 2. The second-order valence-corrected chi connectivity index (χ2v) is 3.66. The lowest BCUT2D eigenvalue weighted by molar-refractivity contribution is 0.565. The Morgan fingerprint density at radius 3 is 2.94 bits per heavy atom. The van der Waals surface area contributed by atoms with Crippen LogP contribution in [0.25, 0.3) is 10.9 Å². The molecule has 0 saturated carbocycles. The number of fused-ring (bicyclic) bond motifs is 1. The molecule has 2 rings (SSSR count). The molecule has 1 unspecified atom stereocenters. The van der Waals surface area contributed by atoms with E-state index in [1.54, 1.807) is 0 Å². The van der Waals surface area contributed by atoms with Crippen LogP contribution in [-0.4, -0.2) is 4.98 Å². The summed E-state index contributed by atoms with van der Waals surface area (Å²) in [6.07, 6.45) is 4.47. The number of nitrogens with two attached hydrogens (primary N) is 1. The monoisotopic (exact) mass is 213 g/mol. The second-order valence-electron chi connectivity index (χ2n) is 3.66. The number of pyridine rings is 1. The number of aromatic nitrogens is 1. The lowest BCUT2D eigenvalue weighted by Gasteiger charge is -2.16. The Morgan fingerprint density at radius 2 is 2.19 bits per heavy atom. The van der Waals surface area contributed by atoms with E-state index in [2.05, 4.69) is 23.1 Å². The predicted octanol–water partition coefficient (Wildman–Crippen LogP) is 2.32. The van der Waals surface area contributed by atoms with Gasteiger partial charge in [0.15, 0.2) is 0 Å². The first-order valence-electron chi connectivity index (χ1n) is 5.27. The highest BCUT2D eigenvalue weighted by molar-refractivity contribution is 5.82. The van der Waals surface area contributed by atoms with Crippen molar-refractivity contribution in [3.05, 3.63) is 54.7 Å². The molecular weight excluding hydrogens is 198 g/mol. The molecule has 2 aromatic rings. The number of nitrogens with zero attached hydrogens (tertiary/aromatic N) is 1. The van der Waals surface area contributed by atoms with E-state index in [9.17, 15) is 0 Å². The molecule has 0 aliphatic carbocycles. The van der Waals surface area contributed by atoms with Gasteiger partial charge in [0.25, 0.3) is 0 Å². The number of para-hydroxylation sites is 1. The number of nitrogens with one attached hydrogen (secondary N) is 1. The smallest absolute Gasteiger partial charge is 0.0705 e. The third-order valence-corrected chi connectivity index (χ3v) is 2.66. The van der Waals surface area contributed by atoms with Crippen molar-refractivity contribution >= 4 is 10.9 Å². The van der Waals surface area contributed by atoms with Crippen LogP contribution < -0.4 is 11.3 Å². The molecule has 0 aliphatic rings. The Kier molecular flexibility index (Phi) is 3.29. The van der Waals surface area contributed by atoms with Crippen molar-refractivity contribution in [3.63, 3.8) is 0 Å². The van der Waals surface area contributed by atoms with E-state index in [4.69, 9.17) is 5.84 Å².